The summed E-state index contributed by atoms with van der Waals surface area (Å²) in [7, 11) is 0. The molecule has 1 N–H and O–H groups in total. The summed E-state index contributed by atoms with van der Waals surface area (Å²) in [6, 6.07) is 9.34. The molecule has 1 aliphatic rings. The normalized spacial score (nSPS) is 27.5. The number of hydrogen-bond acceptors (Lipinski definition) is 1. The molecule has 82 valence electrons. The highest BCUT2D eigenvalue weighted by molar-refractivity contribution is 6.22. The Morgan fingerprint density at radius 3 is 2.47 bits per heavy atom. The lowest BCUT2D eigenvalue weighted by atomic mass is 10.1. The third-order valence-corrected chi connectivity index (χ3v) is 3.03. The van der Waals surface area contributed by atoms with Gasteiger partial charge in [-0.25, -0.2) is 0 Å². The summed E-state index contributed by atoms with van der Waals surface area (Å²) in [6.07, 6.45) is -1.17. The number of aliphatic hydroxyl groups excluding tert-OH is 1. The minimum atomic E-state index is -3.52. The van der Waals surface area contributed by atoms with Gasteiger partial charge in [-0.1, -0.05) is 30.3 Å². The molecule has 0 radical (unpaired) electrons. The van der Waals surface area contributed by atoms with Gasteiger partial charge in [0.25, 0.3) is 0 Å². The molecule has 1 saturated carbocycles. The highest BCUT2D eigenvalue weighted by Gasteiger charge is 2.52. The number of aliphatic hydroxyl groups is 1. The second kappa shape index (κ2) is 3.72. The van der Waals surface area contributed by atoms with Gasteiger partial charge in [0.05, 0.1) is 0 Å². The molecular formula is C11H11ClF2O. The first kappa shape index (κ1) is 10.8. The summed E-state index contributed by atoms with van der Waals surface area (Å²) in [5.41, 5.74) is 0.988. The highest BCUT2D eigenvalue weighted by Crippen LogP contribution is 2.52. The fourth-order valence-electron chi connectivity index (χ4n) is 1.89. The van der Waals surface area contributed by atoms with Crippen molar-refractivity contribution in [3.63, 3.8) is 0 Å². The number of hydrogen-bond donors (Lipinski definition) is 1. The van der Waals surface area contributed by atoms with Gasteiger partial charge in [0.1, 0.15) is 6.10 Å². The van der Waals surface area contributed by atoms with Gasteiger partial charge in [0.15, 0.2) is 0 Å². The third-order valence-electron chi connectivity index (χ3n) is 2.81. The maximum Gasteiger partial charge on any atom is 0.347 e. The van der Waals surface area contributed by atoms with Crippen LogP contribution in [0.25, 0.3) is 0 Å². The maximum absolute atomic E-state index is 12.6. The van der Waals surface area contributed by atoms with E-state index in [2.05, 4.69) is 0 Å². The van der Waals surface area contributed by atoms with E-state index in [0.717, 1.165) is 5.56 Å². The Balaban J connectivity index is 2.03. The molecule has 0 spiro atoms. The van der Waals surface area contributed by atoms with E-state index in [1.807, 2.05) is 30.3 Å². The summed E-state index contributed by atoms with van der Waals surface area (Å²) < 4.78 is 25.2. The van der Waals surface area contributed by atoms with E-state index >= 15 is 0 Å². The first-order valence-electron chi connectivity index (χ1n) is 4.80. The van der Waals surface area contributed by atoms with Crippen LogP contribution in [-0.2, 0) is 0 Å². The first-order valence-corrected chi connectivity index (χ1v) is 5.17. The first-order chi connectivity index (χ1) is 7.00. The quantitative estimate of drug-likeness (QED) is 0.795. The maximum atomic E-state index is 12.6. The van der Waals surface area contributed by atoms with E-state index in [4.69, 9.17) is 11.6 Å². The molecule has 0 aliphatic heterocycles. The third kappa shape index (κ3) is 2.29. The molecule has 1 aliphatic carbocycles. The summed E-state index contributed by atoms with van der Waals surface area (Å²) in [4.78, 5) is 0. The van der Waals surface area contributed by atoms with E-state index in [1.165, 1.54) is 0 Å². The van der Waals surface area contributed by atoms with Gasteiger partial charge in [-0.05, 0) is 35.4 Å². The number of halogens is 3. The van der Waals surface area contributed by atoms with Gasteiger partial charge in [0.2, 0.25) is 0 Å². The van der Waals surface area contributed by atoms with Gasteiger partial charge in [0, 0.05) is 0 Å². The molecule has 3 atom stereocenters. The zero-order valence-electron chi connectivity index (χ0n) is 7.91. The molecule has 1 fully saturated rings. The average molecular weight is 233 g/mol. The van der Waals surface area contributed by atoms with E-state index < -0.39 is 17.4 Å². The largest absolute Gasteiger partial charge is 0.385 e. The van der Waals surface area contributed by atoms with Crippen molar-refractivity contribution in [2.75, 3.05) is 0 Å². The van der Waals surface area contributed by atoms with E-state index in [9.17, 15) is 13.9 Å². The molecule has 1 nitrogen and oxygen atoms in total. The predicted octanol–water partition coefficient (Wildman–Crippen LogP) is 2.98. The summed E-state index contributed by atoms with van der Waals surface area (Å²) in [6.45, 7) is 0. The van der Waals surface area contributed by atoms with Crippen molar-refractivity contribution in [2.24, 2.45) is 5.92 Å². The molecule has 0 heterocycles. The second-order valence-corrected chi connectivity index (χ2v) is 4.41. The zero-order chi connectivity index (χ0) is 11.1. The van der Waals surface area contributed by atoms with Crippen LogP contribution in [0.2, 0.25) is 0 Å². The Labute approximate surface area is 91.7 Å². The van der Waals surface area contributed by atoms with E-state index in [-0.39, 0.29) is 5.92 Å². The average Bonchev–Trinajstić information content (AvgIpc) is 2.96. The smallest absolute Gasteiger partial charge is 0.347 e. The van der Waals surface area contributed by atoms with E-state index in [1.54, 1.807) is 0 Å². The predicted molar refractivity (Wildman–Crippen MR) is 54.1 cm³/mol. The molecule has 3 unspecified atom stereocenters. The van der Waals surface area contributed by atoms with Crippen LogP contribution < -0.4 is 0 Å². The molecule has 4 heteroatoms. The highest BCUT2D eigenvalue weighted by atomic mass is 35.5. The molecule has 0 bridgehead atoms. The molecule has 2 rings (SSSR count). The topological polar surface area (TPSA) is 20.2 Å². The van der Waals surface area contributed by atoms with Crippen LogP contribution in [0.15, 0.2) is 30.3 Å². The van der Waals surface area contributed by atoms with Gasteiger partial charge in [-0.3, -0.25) is 0 Å². The Kier molecular flexibility index (Phi) is 2.69. The lowest BCUT2D eigenvalue weighted by molar-refractivity contribution is -0.0527. The Hall–Kier alpha value is -0.670. The number of benzene rings is 1. The fourth-order valence-corrected chi connectivity index (χ4v) is 2.05. The zero-order valence-corrected chi connectivity index (χ0v) is 8.66. The number of rotatable bonds is 3. The molecule has 0 saturated heterocycles. The monoisotopic (exact) mass is 232 g/mol. The minimum absolute atomic E-state index is 0.0193. The number of alkyl halides is 3. The molecule has 0 aromatic heterocycles. The van der Waals surface area contributed by atoms with Crippen LogP contribution >= 0.6 is 11.6 Å². The van der Waals surface area contributed by atoms with Gasteiger partial charge in [-0.2, -0.15) is 8.78 Å². The van der Waals surface area contributed by atoms with Crippen LogP contribution in [0.3, 0.4) is 0 Å². The minimum Gasteiger partial charge on any atom is -0.385 e. The Bertz CT molecular complexity index is 336. The van der Waals surface area contributed by atoms with Crippen LogP contribution in [-0.4, -0.2) is 16.6 Å². The molecule has 1 aromatic rings. The standard InChI is InChI=1S/C11H11ClF2O/c12-11(13,14)10(15)9-6-8(9)7-4-2-1-3-5-7/h1-5,8-10,15H,6H2. The van der Waals surface area contributed by atoms with Gasteiger partial charge in [-0.15, -0.1) is 0 Å². The molecule has 1 aromatic carbocycles. The molecule has 15 heavy (non-hydrogen) atoms. The Morgan fingerprint density at radius 2 is 1.93 bits per heavy atom. The SMILES string of the molecule is OC(C1CC1c1ccccc1)C(F)(F)Cl. The van der Waals surface area contributed by atoms with Crippen LogP contribution in [0.5, 0.6) is 0 Å². The lowest BCUT2D eigenvalue weighted by Gasteiger charge is -2.15. The molecular weight excluding hydrogens is 222 g/mol. The van der Waals surface area contributed by atoms with Crippen molar-refractivity contribution in [3.05, 3.63) is 35.9 Å². The van der Waals surface area contributed by atoms with Crippen molar-refractivity contribution < 1.29 is 13.9 Å². The molecule has 0 amide bonds. The van der Waals surface area contributed by atoms with Crippen molar-refractivity contribution in [1.82, 2.24) is 0 Å². The van der Waals surface area contributed by atoms with E-state index in [0.29, 0.717) is 6.42 Å². The summed E-state index contributed by atoms with van der Waals surface area (Å²) >= 11 is 4.79. The van der Waals surface area contributed by atoms with Crippen LogP contribution in [0.1, 0.15) is 17.9 Å². The fraction of sp³-hybridized carbons (Fsp3) is 0.455. The van der Waals surface area contributed by atoms with Crippen molar-refractivity contribution >= 4 is 11.6 Å². The van der Waals surface area contributed by atoms with Crippen molar-refractivity contribution in [2.45, 2.75) is 23.8 Å². The van der Waals surface area contributed by atoms with Crippen LogP contribution in [0.4, 0.5) is 8.78 Å². The summed E-state index contributed by atoms with van der Waals surface area (Å²) in [5.74, 6) is -0.397. The van der Waals surface area contributed by atoms with Gasteiger partial charge < -0.3 is 5.11 Å². The second-order valence-electron chi connectivity index (χ2n) is 3.90. The van der Waals surface area contributed by atoms with Crippen molar-refractivity contribution in [3.8, 4) is 0 Å². The van der Waals surface area contributed by atoms with Gasteiger partial charge >= 0.3 is 5.38 Å². The van der Waals surface area contributed by atoms with Crippen LogP contribution in [0, 0.1) is 5.92 Å². The Morgan fingerprint density at radius 1 is 1.33 bits per heavy atom. The summed E-state index contributed by atoms with van der Waals surface area (Å²) in [5, 5.41) is 5.76. The van der Waals surface area contributed by atoms with Crippen molar-refractivity contribution in [1.29, 1.82) is 0 Å². The lowest BCUT2D eigenvalue weighted by Crippen LogP contribution is -2.29.